The summed E-state index contributed by atoms with van der Waals surface area (Å²) < 4.78 is 0. The molecule has 0 aromatic heterocycles. The van der Waals surface area contributed by atoms with Crippen LogP contribution in [0.2, 0.25) is 0 Å². The van der Waals surface area contributed by atoms with Gasteiger partial charge in [0.25, 0.3) is 0 Å². The first kappa shape index (κ1) is 13.0. The van der Waals surface area contributed by atoms with Crippen LogP contribution in [0, 0.1) is 5.92 Å². The minimum atomic E-state index is 0.560. The van der Waals surface area contributed by atoms with Crippen LogP contribution in [0.25, 0.3) is 0 Å². The first-order chi connectivity index (χ1) is 8.29. The molecule has 1 aromatic carbocycles. The number of rotatable bonds is 6. The van der Waals surface area contributed by atoms with Gasteiger partial charge in [0.2, 0.25) is 0 Å². The van der Waals surface area contributed by atoms with Gasteiger partial charge >= 0.3 is 0 Å². The topological polar surface area (TPSA) is 3.24 Å². The molecule has 0 amide bonds. The number of nitrogens with zero attached hydrogens (tertiary/aromatic N) is 1. The maximum absolute atomic E-state index is 4.50. The summed E-state index contributed by atoms with van der Waals surface area (Å²) in [6.07, 6.45) is 4.30. The second kappa shape index (κ2) is 6.46. The van der Waals surface area contributed by atoms with Gasteiger partial charge in [0, 0.05) is 19.0 Å². The lowest BCUT2D eigenvalue weighted by Gasteiger charge is -2.32. The van der Waals surface area contributed by atoms with Gasteiger partial charge in [-0.25, -0.2) is 0 Å². The summed E-state index contributed by atoms with van der Waals surface area (Å²) in [5.41, 5.74) is 1.42. The van der Waals surface area contributed by atoms with Crippen molar-refractivity contribution in [3.8, 4) is 0 Å². The highest BCUT2D eigenvalue weighted by Crippen LogP contribution is 2.27. The fraction of sp³-hybridized carbons (Fsp3) is 0.600. The number of benzene rings is 1. The summed E-state index contributed by atoms with van der Waals surface area (Å²) in [7, 11) is 2.25. The molecule has 1 aromatic rings. The lowest BCUT2D eigenvalue weighted by Crippen LogP contribution is -2.33. The van der Waals surface area contributed by atoms with Crippen LogP contribution in [0.4, 0.5) is 0 Å². The van der Waals surface area contributed by atoms with Gasteiger partial charge in [0.1, 0.15) is 0 Å². The predicted molar refractivity (Wildman–Crippen MR) is 77.9 cm³/mol. The third-order valence-corrected chi connectivity index (χ3v) is 4.26. The quantitative estimate of drug-likeness (QED) is 0.756. The fourth-order valence-electron chi connectivity index (χ4n) is 2.56. The van der Waals surface area contributed by atoms with Crippen LogP contribution in [-0.2, 0) is 0 Å². The van der Waals surface area contributed by atoms with E-state index in [1.54, 1.807) is 0 Å². The Morgan fingerprint density at radius 2 is 2.00 bits per heavy atom. The van der Waals surface area contributed by atoms with Gasteiger partial charge in [-0.3, -0.25) is 0 Å². The molecule has 94 valence electrons. The predicted octanol–water partition coefficient (Wildman–Crippen LogP) is 3.43. The van der Waals surface area contributed by atoms with Crippen molar-refractivity contribution in [2.75, 3.05) is 25.9 Å². The van der Waals surface area contributed by atoms with E-state index in [0.717, 1.165) is 18.2 Å². The average Bonchev–Trinajstić information content (AvgIpc) is 2.32. The van der Waals surface area contributed by atoms with E-state index in [0.29, 0.717) is 5.92 Å². The van der Waals surface area contributed by atoms with E-state index >= 15 is 0 Å². The Kier molecular flexibility index (Phi) is 4.93. The largest absolute Gasteiger partial charge is 0.305 e. The highest BCUT2D eigenvalue weighted by Gasteiger charge is 2.20. The van der Waals surface area contributed by atoms with Crippen molar-refractivity contribution in [3.05, 3.63) is 35.9 Å². The number of hydrogen-bond donors (Lipinski definition) is 1. The zero-order valence-electron chi connectivity index (χ0n) is 10.7. The van der Waals surface area contributed by atoms with Crippen molar-refractivity contribution in [2.24, 2.45) is 5.92 Å². The lowest BCUT2D eigenvalue weighted by molar-refractivity contribution is 0.200. The zero-order chi connectivity index (χ0) is 12.1. The van der Waals surface area contributed by atoms with E-state index in [1.807, 2.05) is 0 Å². The summed E-state index contributed by atoms with van der Waals surface area (Å²) >= 11 is 4.50. The second-order valence-corrected chi connectivity index (χ2v) is 5.67. The Bertz CT molecular complexity index is 321. The van der Waals surface area contributed by atoms with Gasteiger partial charge < -0.3 is 4.90 Å². The molecule has 0 bridgehead atoms. The minimum absolute atomic E-state index is 0.560. The third kappa shape index (κ3) is 3.75. The summed E-state index contributed by atoms with van der Waals surface area (Å²) in [6.45, 7) is 2.39. The third-order valence-electron chi connectivity index (χ3n) is 3.82. The molecule has 2 heteroatoms. The first-order valence-corrected chi connectivity index (χ1v) is 7.27. The van der Waals surface area contributed by atoms with Crippen molar-refractivity contribution in [2.45, 2.75) is 25.2 Å². The van der Waals surface area contributed by atoms with Crippen molar-refractivity contribution < 1.29 is 0 Å². The average molecular weight is 249 g/mol. The Hall–Kier alpha value is -0.470. The van der Waals surface area contributed by atoms with E-state index in [1.165, 1.54) is 31.4 Å². The van der Waals surface area contributed by atoms with Crippen LogP contribution in [0.5, 0.6) is 0 Å². The SMILES string of the molecule is CN(CC1CCC1)CC(CS)c1ccccc1. The summed E-state index contributed by atoms with van der Waals surface area (Å²) in [4.78, 5) is 2.48. The Morgan fingerprint density at radius 1 is 1.29 bits per heavy atom. The van der Waals surface area contributed by atoms with Crippen molar-refractivity contribution >= 4 is 12.6 Å². The molecule has 0 aliphatic heterocycles. The monoisotopic (exact) mass is 249 g/mol. The highest BCUT2D eigenvalue weighted by molar-refractivity contribution is 7.80. The van der Waals surface area contributed by atoms with Gasteiger partial charge in [-0.1, -0.05) is 36.8 Å². The fourth-order valence-corrected chi connectivity index (χ4v) is 2.89. The standard InChI is InChI=1S/C15H23NS/c1-16(10-13-6-5-7-13)11-15(12-17)14-8-3-2-4-9-14/h2-4,8-9,13,15,17H,5-7,10-12H2,1H3. The molecule has 0 N–H and O–H groups in total. The second-order valence-electron chi connectivity index (χ2n) is 5.31. The smallest absolute Gasteiger partial charge is 0.00552 e. The van der Waals surface area contributed by atoms with Gasteiger partial charge in [-0.15, -0.1) is 0 Å². The number of hydrogen-bond acceptors (Lipinski definition) is 2. The van der Waals surface area contributed by atoms with E-state index < -0.39 is 0 Å². The van der Waals surface area contributed by atoms with Gasteiger partial charge in [0.05, 0.1) is 0 Å². The van der Waals surface area contributed by atoms with Crippen molar-refractivity contribution in [1.82, 2.24) is 4.90 Å². The summed E-state index contributed by atoms with van der Waals surface area (Å²) in [5.74, 6) is 2.44. The molecule has 1 unspecified atom stereocenters. The van der Waals surface area contributed by atoms with Gasteiger partial charge in [-0.2, -0.15) is 12.6 Å². The number of likely N-dealkylation sites (N-methyl/N-ethyl adjacent to an activating group) is 1. The van der Waals surface area contributed by atoms with E-state index in [4.69, 9.17) is 0 Å². The molecular formula is C15H23NS. The molecule has 1 fully saturated rings. The normalized spacial score (nSPS) is 18.1. The Balaban J connectivity index is 1.86. The maximum Gasteiger partial charge on any atom is 0.00552 e. The van der Waals surface area contributed by atoms with Crippen LogP contribution in [0.15, 0.2) is 30.3 Å². The van der Waals surface area contributed by atoms with Gasteiger partial charge in [-0.05, 0) is 37.1 Å². The molecule has 1 saturated carbocycles. The molecule has 0 heterocycles. The van der Waals surface area contributed by atoms with Crippen molar-refractivity contribution in [3.63, 3.8) is 0 Å². The van der Waals surface area contributed by atoms with Crippen LogP contribution in [0.3, 0.4) is 0 Å². The summed E-state index contributed by atoms with van der Waals surface area (Å²) in [5, 5.41) is 0. The molecule has 1 aliphatic rings. The minimum Gasteiger partial charge on any atom is -0.305 e. The summed E-state index contributed by atoms with van der Waals surface area (Å²) in [6, 6.07) is 10.8. The van der Waals surface area contributed by atoms with E-state index in [-0.39, 0.29) is 0 Å². The van der Waals surface area contributed by atoms with Crippen LogP contribution < -0.4 is 0 Å². The molecule has 2 rings (SSSR count). The van der Waals surface area contributed by atoms with Crippen LogP contribution >= 0.6 is 12.6 Å². The molecule has 0 spiro atoms. The van der Waals surface area contributed by atoms with Crippen LogP contribution in [0.1, 0.15) is 30.7 Å². The molecule has 1 aliphatic carbocycles. The van der Waals surface area contributed by atoms with Crippen LogP contribution in [-0.4, -0.2) is 30.8 Å². The van der Waals surface area contributed by atoms with Crippen molar-refractivity contribution in [1.29, 1.82) is 0 Å². The number of thiol groups is 1. The first-order valence-electron chi connectivity index (χ1n) is 6.64. The molecule has 0 radical (unpaired) electrons. The molecule has 1 nitrogen and oxygen atoms in total. The Labute approximate surface area is 111 Å². The molecule has 0 saturated heterocycles. The lowest BCUT2D eigenvalue weighted by atomic mass is 9.85. The van der Waals surface area contributed by atoms with Gasteiger partial charge in [0.15, 0.2) is 0 Å². The Morgan fingerprint density at radius 3 is 2.53 bits per heavy atom. The maximum atomic E-state index is 4.50. The zero-order valence-corrected chi connectivity index (χ0v) is 11.6. The molecule has 17 heavy (non-hydrogen) atoms. The van der Waals surface area contributed by atoms with E-state index in [9.17, 15) is 0 Å². The molecule has 1 atom stereocenters. The molecular weight excluding hydrogens is 226 g/mol. The van der Waals surface area contributed by atoms with E-state index in [2.05, 4.69) is 54.9 Å². The highest BCUT2D eigenvalue weighted by atomic mass is 32.1.